The quantitative estimate of drug-likeness (QED) is 0.716. The number of ether oxygens (including phenoxy) is 1. The summed E-state index contributed by atoms with van der Waals surface area (Å²) in [6.45, 7) is 7.01. The first-order chi connectivity index (χ1) is 12.2. The van der Waals surface area contributed by atoms with Gasteiger partial charge >= 0.3 is 0 Å². The van der Waals surface area contributed by atoms with Crippen LogP contribution in [0.15, 0.2) is 48.5 Å². The molecule has 1 fully saturated rings. The van der Waals surface area contributed by atoms with Gasteiger partial charge in [-0.1, -0.05) is 59.6 Å². The van der Waals surface area contributed by atoms with Crippen LogP contribution in [0.25, 0.3) is 0 Å². The molecule has 1 aliphatic rings. The van der Waals surface area contributed by atoms with E-state index in [0.29, 0.717) is 22.4 Å². The molecule has 1 aliphatic heterocycles. The van der Waals surface area contributed by atoms with E-state index in [2.05, 4.69) is 40.1 Å². The van der Waals surface area contributed by atoms with Crippen LogP contribution in [0.2, 0.25) is 10.0 Å². The Bertz CT molecular complexity index is 638. The van der Waals surface area contributed by atoms with Gasteiger partial charge in [-0.2, -0.15) is 0 Å². The number of benzene rings is 2. The maximum atomic E-state index is 6.13. The number of para-hydroxylation sites is 1. The SMILES string of the molecule is Clc1cccc(Cl)c1OCCN1CCN(CCc2ccccc2)CC1. The highest BCUT2D eigenvalue weighted by Gasteiger charge is 2.16. The predicted molar refractivity (Wildman–Crippen MR) is 105 cm³/mol. The lowest BCUT2D eigenvalue weighted by Crippen LogP contribution is -2.47. The zero-order valence-electron chi connectivity index (χ0n) is 14.3. The van der Waals surface area contributed by atoms with Gasteiger partial charge in [0, 0.05) is 39.3 Å². The molecule has 2 aromatic carbocycles. The van der Waals surface area contributed by atoms with E-state index in [1.807, 2.05) is 6.07 Å². The highest BCUT2D eigenvalue weighted by atomic mass is 35.5. The second kappa shape index (κ2) is 9.44. The fourth-order valence-corrected chi connectivity index (χ4v) is 3.57. The fourth-order valence-electron chi connectivity index (χ4n) is 3.07. The summed E-state index contributed by atoms with van der Waals surface area (Å²) < 4.78 is 5.78. The number of halogens is 2. The summed E-state index contributed by atoms with van der Waals surface area (Å²) in [6.07, 6.45) is 1.12. The average molecular weight is 379 g/mol. The topological polar surface area (TPSA) is 15.7 Å². The summed E-state index contributed by atoms with van der Waals surface area (Å²) in [7, 11) is 0. The minimum atomic E-state index is 0.568. The van der Waals surface area contributed by atoms with E-state index in [1.165, 1.54) is 5.56 Å². The number of piperazine rings is 1. The van der Waals surface area contributed by atoms with Crippen molar-refractivity contribution in [2.75, 3.05) is 45.9 Å². The molecular formula is C20H24Cl2N2O. The van der Waals surface area contributed by atoms with Crippen LogP contribution in [0.5, 0.6) is 5.75 Å². The number of nitrogens with zero attached hydrogens (tertiary/aromatic N) is 2. The number of rotatable bonds is 7. The van der Waals surface area contributed by atoms with Crippen molar-refractivity contribution in [3.8, 4) is 5.75 Å². The summed E-state index contributed by atoms with van der Waals surface area (Å²) in [5, 5.41) is 1.14. The van der Waals surface area contributed by atoms with E-state index in [0.717, 1.165) is 45.7 Å². The Morgan fingerprint density at radius 3 is 2.00 bits per heavy atom. The van der Waals surface area contributed by atoms with Crippen molar-refractivity contribution in [2.24, 2.45) is 0 Å². The lowest BCUT2D eigenvalue weighted by atomic mass is 10.1. The van der Waals surface area contributed by atoms with E-state index < -0.39 is 0 Å². The third-order valence-electron chi connectivity index (χ3n) is 4.60. The van der Waals surface area contributed by atoms with Gasteiger partial charge in [-0.3, -0.25) is 4.90 Å². The fraction of sp³-hybridized carbons (Fsp3) is 0.400. The maximum absolute atomic E-state index is 6.13. The van der Waals surface area contributed by atoms with E-state index in [4.69, 9.17) is 27.9 Å². The molecule has 0 bridgehead atoms. The van der Waals surface area contributed by atoms with Crippen LogP contribution in [0.4, 0.5) is 0 Å². The molecule has 2 aromatic rings. The molecule has 1 saturated heterocycles. The first kappa shape index (κ1) is 18.5. The number of hydrogen-bond acceptors (Lipinski definition) is 3. The van der Waals surface area contributed by atoms with Crippen LogP contribution in [0, 0.1) is 0 Å². The minimum Gasteiger partial charge on any atom is -0.489 e. The number of hydrogen-bond donors (Lipinski definition) is 0. The van der Waals surface area contributed by atoms with E-state index in [1.54, 1.807) is 12.1 Å². The van der Waals surface area contributed by atoms with Gasteiger partial charge < -0.3 is 9.64 Å². The normalized spacial score (nSPS) is 16.1. The van der Waals surface area contributed by atoms with Crippen LogP contribution in [-0.2, 0) is 6.42 Å². The Kier molecular flexibility index (Phi) is 7.00. The molecule has 0 N–H and O–H groups in total. The zero-order chi connectivity index (χ0) is 17.5. The molecule has 3 nitrogen and oxygen atoms in total. The van der Waals surface area contributed by atoms with Gasteiger partial charge in [-0.05, 0) is 24.1 Å². The molecule has 0 saturated carbocycles. The Hall–Kier alpha value is -1.26. The van der Waals surface area contributed by atoms with Crippen LogP contribution >= 0.6 is 23.2 Å². The minimum absolute atomic E-state index is 0.568. The Labute approximate surface area is 160 Å². The van der Waals surface area contributed by atoms with Gasteiger partial charge in [-0.15, -0.1) is 0 Å². The van der Waals surface area contributed by atoms with Gasteiger partial charge in [0.2, 0.25) is 0 Å². The van der Waals surface area contributed by atoms with Gasteiger partial charge in [0.05, 0.1) is 10.0 Å². The molecule has 0 aromatic heterocycles. The lowest BCUT2D eigenvalue weighted by molar-refractivity contribution is 0.118. The third-order valence-corrected chi connectivity index (χ3v) is 5.19. The molecule has 3 rings (SSSR count). The monoisotopic (exact) mass is 378 g/mol. The van der Waals surface area contributed by atoms with Crippen molar-refractivity contribution < 1.29 is 4.74 Å². The molecule has 0 atom stereocenters. The predicted octanol–water partition coefficient (Wildman–Crippen LogP) is 4.23. The molecule has 134 valence electrons. The van der Waals surface area contributed by atoms with Gasteiger partial charge in [0.25, 0.3) is 0 Å². The summed E-state index contributed by atoms with van der Waals surface area (Å²) >= 11 is 12.3. The highest BCUT2D eigenvalue weighted by molar-refractivity contribution is 6.37. The Morgan fingerprint density at radius 2 is 1.36 bits per heavy atom. The molecular weight excluding hydrogens is 355 g/mol. The zero-order valence-corrected chi connectivity index (χ0v) is 15.8. The van der Waals surface area contributed by atoms with Crippen molar-refractivity contribution >= 4 is 23.2 Å². The molecule has 0 unspecified atom stereocenters. The molecule has 0 spiro atoms. The molecule has 0 aliphatic carbocycles. The molecule has 0 radical (unpaired) electrons. The van der Waals surface area contributed by atoms with Gasteiger partial charge in [0.1, 0.15) is 6.61 Å². The van der Waals surface area contributed by atoms with E-state index in [-0.39, 0.29) is 0 Å². The van der Waals surface area contributed by atoms with Crippen LogP contribution in [0.3, 0.4) is 0 Å². The van der Waals surface area contributed by atoms with Crippen molar-refractivity contribution in [3.63, 3.8) is 0 Å². The van der Waals surface area contributed by atoms with Crippen molar-refractivity contribution in [1.29, 1.82) is 0 Å². The van der Waals surface area contributed by atoms with Crippen LogP contribution < -0.4 is 4.74 Å². The van der Waals surface area contributed by atoms with Crippen LogP contribution in [0.1, 0.15) is 5.56 Å². The second-order valence-electron chi connectivity index (χ2n) is 6.32. The highest BCUT2D eigenvalue weighted by Crippen LogP contribution is 2.32. The Morgan fingerprint density at radius 1 is 0.760 bits per heavy atom. The maximum Gasteiger partial charge on any atom is 0.156 e. The standard InChI is InChI=1S/C20H24Cl2N2O/c21-18-7-4-8-19(22)20(18)25-16-15-24-13-11-23(12-14-24)10-9-17-5-2-1-3-6-17/h1-8H,9-16H2. The lowest BCUT2D eigenvalue weighted by Gasteiger charge is -2.34. The van der Waals surface area contributed by atoms with E-state index in [9.17, 15) is 0 Å². The Balaban J connectivity index is 1.35. The summed E-state index contributed by atoms with van der Waals surface area (Å²) in [6, 6.07) is 16.1. The first-order valence-electron chi connectivity index (χ1n) is 8.78. The van der Waals surface area contributed by atoms with Crippen molar-refractivity contribution in [1.82, 2.24) is 9.80 Å². The van der Waals surface area contributed by atoms with Crippen molar-refractivity contribution in [2.45, 2.75) is 6.42 Å². The van der Waals surface area contributed by atoms with E-state index >= 15 is 0 Å². The smallest absolute Gasteiger partial charge is 0.156 e. The largest absolute Gasteiger partial charge is 0.489 e. The summed E-state index contributed by atoms with van der Waals surface area (Å²) in [4.78, 5) is 4.97. The molecule has 25 heavy (non-hydrogen) atoms. The van der Waals surface area contributed by atoms with Gasteiger partial charge in [0.15, 0.2) is 5.75 Å². The van der Waals surface area contributed by atoms with Gasteiger partial charge in [-0.25, -0.2) is 0 Å². The van der Waals surface area contributed by atoms with Crippen LogP contribution in [-0.4, -0.2) is 55.7 Å². The summed E-state index contributed by atoms with van der Waals surface area (Å²) in [5.74, 6) is 0.590. The third kappa shape index (κ3) is 5.61. The molecule has 0 amide bonds. The van der Waals surface area contributed by atoms with Crippen molar-refractivity contribution in [3.05, 3.63) is 64.1 Å². The molecule has 5 heteroatoms. The molecule has 1 heterocycles. The first-order valence-corrected chi connectivity index (χ1v) is 9.53. The second-order valence-corrected chi connectivity index (χ2v) is 7.13. The average Bonchev–Trinajstić information content (AvgIpc) is 2.64. The summed E-state index contributed by atoms with van der Waals surface area (Å²) in [5.41, 5.74) is 1.41.